The molecule has 1 aromatic carbocycles. The highest BCUT2D eigenvalue weighted by atomic mass is 32.2. The molecule has 4 N–H and O–H groups in total. The minimum atomic E-state index is -3.78. The normalized spacial score (nSPS) is 24.5. The maximum atomic E-state index is 13.2. The second-order valence-corrected chi connectivity index (χ2v) is 11.7. The van der Waals surface area contributed by atoms with E-state index in [1.165, 1.54) is 11.3 Å². The van der Waals surface area contributed by atoms with Gasteiger partial charge in [-0.15, -0.1) is 11.3 Å². The summed E-state index contributed by atoms with van der Waals surface area (Å²) in [5.41, 5.74) is 8.11. The third-order valence-electron chi connectivity index (χ3n) is 6.25. The van der Waals surface area contributed by atoms with Gasteiger partial charge < -0.3 is 15.6 Å². The van der Waals surface area contributed by atoms with Gasteiger partial charge in [0, 0.05) is 36.4 Å². The molecule has 6 rings (SSSR count). The number of hydrogen-bond acceptors (Lipinski definition) is 8. The molecule has 0 atom stereocenters. The number of aliphatic hydroxyl groups excluding tert-OH is 1. The highest BCUT2D eigenvalue weighted by molar-refractivity contribution is 7.89. The van der Waals surface area contributed by atoms with Crippen LogP contribution in [0, 0.1) is 13.8 Å². The number of aliphatic hydroxyl groups is 1. The molecule has 3 aliphatic rings. The lowest BCUT2D eigenvalue weighted by atomic mass is 9.69. The van der Waals surface area contributed by atoms with Crippen LogP contribution in [0.15, 0.2) is 41.6 Å². The van der Waals surface area contributed by atoms with E-state index in [0.717, 1.165) is 32.1 Å². The Bertz CT molecular complexity index is 1310. The van der Waals surface area contributed by atoms with Crippen LogP contribution in [-0.2, 0) is 14.8 Å². The first-order valence-electron chi connectivity index (χ1n) is 10.2. The monoisotopic (exact) mass is 472 g/mol. The Hall–Kier alpha value is -2.37. The molecule has 32 heavy (non-hydrogen) atoms. The molecule has 2 aromatic heterocycles. The van der Waals surface area contributed by atoms with Gasteiger partial charge in [0.05, 0.1) is 39.1 Å². The van der Waals surface area contributed by atoms with Gasteiger partial charge in [0.25, 0.3) is 0 Å². The van der Waals surface area contributed by atoms with E-state index >= 15 is 0 Å². The molecule has 2 saturated heterocycles. The number of benzene rings is 1. The van der Waals surface area contributed by atoms with Crippen LogP contribution < -0.4 is 10.5 Å². The summed E-state index contributed by atoms with van der Waals surface area (Å²) in [6.07, 6.45) is 4.38. The number of nitrogen functional groups attached to an aromatic ring is 1. The van der Waals surface area contributed by atoms with Crippen LogP contribution in [-0.4, -0.2) is 47.8 Å². The molecule has 8 nitrogen and oxygen atoms in total. The van der Waals surface area contributed by atoms with Crippen molar-refractivity contribution >= 4 is 27.2 Å². The largest absolute Gasteiger partial charge is 0.393 e. The molecule has 0 spiro atoms. The third-order valence-corrected chi connectivity index (χ3v) is 8.77. The fraction of sp³-hybridized carbons (Fsp3) is 0.364. The van der Waals surface area contributed by atoms with Crippen molar-refractivity contribution in [1.82, 2.24) is 14.7 Å². The minimum Gasteiger partial charge on any atom is -0.393 e. The second-order valence-electron chi connectivity index (χ2n) is 8.75. The lowest BCUT2D eigenvalue weighted by molar-refractivity contribution is -0.0482. The number of nitrogens with two attached hydrogens (primary N) is 1. The number of ether oxygens (including phenoxy) is 1. The maximum Gasteiger partial charge on any atom is 0.241 e. The second kappa shape index (κ2) is 7.32. The lowest BCUT2D eigenvalue weighted by Gasteiger charge is -2.43. The zero-order valence-corrected chi connectivity index (χ0v) is 19.4. The summed E-state index contributed by atoms with van der Waals surface area (Å²) in [5.74, 6) is 0.401. The summed E-state index contributed by atoms with van der Waals surface area (Å²) in [4.78, 5) is 9.72. The zero-order valence-electron chi connectivity index (χ0n) is 17.8. The molecular weight excluding hydrogens is 448 g/mol. The van der Waals surface area contributed by atoms with Crippen molar-refractivity contribution in [2.45, 2.75) is 42.7 Å². The Balaban J connectivity index is 1.48. The minimum absolute atomic E-state index is 0.100. The van der Waals surface area contributed by atoms with E-state index in [2.05, 4.69) is 14.7 Å². The molecule has 1 aliphatic carbocycles. The van der Waals surface area contributed by atoms with Gasteiger partial charge in [-0.1, -0.05) is 6.07 Å². The Morgan fingerprint density at radius 2 is 1.97 bits per heavy atom. The average molecular weight is 473 g/mol. The van der Waals surface area contributed by atoms with E-state index in [1.54, 1.807) is 30.6 Å². The Morgan fingerprint density at radius 1 is 1.19 bits per heavy atom. The highest BCUT2D eigenvalue weighted by Crippen LogP contribution is 2.51. The number of aromatic nitrogens is 2. The smallest absolute Gasteiger partial charge is 0.241 e. The van der Waals surface area contributed by atoms with Crippen LogP contribution in [0.4, 0.5) is 5.82 Å². The summed E-state index contributed by atoms with van der Waals surface area (Å²) in [6, 6.07) is 6.98. The number of thiazole rings is 1. The standard InChI is InChI=1S/C22H24N4O4S2/c1-13-3-4-16(32(28,29)26-21-9-22(10-21,11-27)30-12-21)6-17(13)15-5-18(20(23)25-7-15)19-8-24-14(2)31-19/h3-8,26-27H,9-12H2,1-2H3,(H2,23,25). The number of hydrogen-bond donors (Lipinski definition) is 3. The molecule has 10 heteroatoms. The van der Waals surface area contributed by atoms with Crippen molar-refractivity contribution in [3.8, 4) is 21.6 Å². The molecule has 4 heterocycles. The molecular formula is C22H24N4O4S2. The summed E-state index contributed by atoms with van der Waals surface area (Å²) in [7, 11) is -3.78. The van der Waals surface area contributed by atoms with Crippen molar-refractivity contribution in [1.29, 1.82) is 0 Å². The van der Waals surface area contributed by atoms with Gasteiger partial charge in [-0.05, 0) is 43.2 Å². The van der Waals surface area contributed by atoms with Crippen LogP contribution in [0.5, 0.6) is 0 Å². The highest BCUT2D eigenvalue weighted by Gasteiger charge is 2.63. The number of rotatable bonds is 6. The van der Waals surface area contributed by atoms with Crippen molar-refractivity contribution in [2.75, 3.05) is 18.9 Å². The van der Waals surface area contributed by atoms with Crippen LogP contribution in [0.2, 0.25) is 0 Å². The molecule has 0 amide bonds. The van der Waals surface area contributed by atoms with Crippen LogP contribution >= 0.6 is 11.3 Å². The molecule has 3 aromatic rings. The molecule has 0 radical (unpaired) electrons. The lowest BCUT2D eigenvalue weighted by Crippen LogP contribution is -2.60. The average Bonchev–Trinajstić information content (AvgIpc) is 3.41. The topological polar surface area (TPSA) is 127 Å². The van der Waals surface area contributed by atoms with Gasteiger partial charge in [0.1, 0.15) is 5.82 Å². The summed E-state index contributed by atoms with van der Waals surface area (Å²) in [6.45, 7) is 4.02. The first kappa shape index (κ1) is 21.5. The van der Waals surface area contributed by atoms with Gasteiger partial charge in [0.2, 0.25) is 10.0 Å². The van der Waals surface area contributed by atoms with E-state index in [-0.39, 0.29) is 18.1 Å². The SMILES string of the molecule is Cc1ncc(-c2cc(-c3cc(S(=O)(=O)NC45COC(CO)(C4)C5)ccc3C)cnc2N)s1. The van der Waals surface area contributed by atoms with Gasteiger partial charge in [0.15, 0.2) is 0 Å². The fourth-order valence-electron chi connectivity index (χ4n) is 4.67. The van der Waals surface area contributed by atoms with Crippen molar-refractivity contribution in [2.24, 2.45) is 0 Å². The quantitative estimate of drug-likeness (QED) is 0.503. The maximum absolute atomic E-state index is 13.2. The zero-order chi connectivity index (χ0) is 22.7. The van der Waals surface area contributed by atoms with Crippen LogP contribution in [0.25, 0.3) is 21.6 Å². The van der Waals surface area contributed by atoms with E-state index in [1.807, 2.05) is 19.9 Å². The first-order chi connectivity index (χ1) is 15.1. The molecule has 3 fully saturated rings. The van der Waals surface area contributed by atoms with Crippen molar-refractivity contribution < 1.29 is 18.3 Å². The van der Waals surface area contributed by atoms with E-state index in [0.29, 0.717) is 18.7 Å². The number of pyridine rings is 1. The van der Waals surface area contributed by atoms with Crippen LogP contribution in [0.1, 0.15) is 23.4 Å². The van der Waals surface area contributed by atoms with E-state index < -0.39 is 21.2 Å². The fourth-order valence-corrected chi connectivity index (χ4v) is 6.88. The number of nitrogens with zero attached hydrogens (tertiary/aromatic N) is 2. The third kappa shape index (κ3) is 3.52. The summed E-state index contributed by atoms with van der Waals surface area (Å²) >= 11 is 1.53. The van der Waals surface area contributed by atoms with Gasteiger partial charge >= 0.3 is 0 Å². The number of sulfonamides is 1. The first-order valence-corrected chi connectivity index (χ1v) is 12.5. The van der Waals surface area contributed by atoms with Crippen molar-refractivity contribution in [3.05, 3.63) is 47.2 Å². The van der Waals surface area contributed by atoms with Crippen LogP contribution in [0.3, 0.4) is 0 Å². The van der Waals surface area contributed by atoms with Gasteiger partial charge in [-0.25, -0.2) is 23.1 Å². The Labute approximate surface area is 190 Å². The predicted molar refractivity (Wildman–Crippen MR) is 123 cm³/mol. The predicted octanol–water partition coefficient (Wildman–Crippen LogP) is 2.64. The Kier molecular flexibility index (Phi) is 4.91. The molecule has 168 valence electrons. The van der Waals surface area contributed by atoms with Gasteiger partial charge in [-0.2, -0.15) is 0 Å². The van der Waals surface area contributed by atoms with Crippen molar-refractivity contribution in [3.63, 3.8) is 0 Å². The van der Waals surface area contributed by atoms with E-state index in [4.69, 9.17) is 10.5 Å². The summed E-state index contributed by atoms with van der Waals surface area (Å²) < 4.78 is 34.8. The number of nitrogens with one attached hydrogen (secondary N) is 1. The molecule has 0 unspecified atom stereocenters. The number of aryl methyl sites for hydroxylation is 2. The summed E-state index contributed by atoms with van der Waals surface area (Å²) in [5, 5.41) is 10.4. The molecule has 2 aliphatic heterocycles. The number of anilines is 1. The Morgan fingerprint density at radius 3 is 2.62 bits per heavy atom. The van der Waals surface area contributed by atoms with E-state index in [9.17, 15) is 13.5 Å². The molecule has 2 bridgehead atoms. The number of fused-ring (bicyclic) bond motifs is 1. The molecule has 1 saturated carbocycles. The van der Waals surface area contributed by atoms with Gasteiger partial charge in [-0.3, -0.25) is 0 Å².